The van der Waals surface area contributed by atoms with E-state index in [9.17, 15) is 4.79 Å². The first-order valence-electron chi connectivity index (χ1n) is 9.52. The summed E-state index contributed by atoms with van der Waals surface area (Å²) in [6.07, 6.45) is 5.99. The van der Waals surface area contributed by atoms with Gasteiger partial charge in [-0.15, -0.1) is 0 Å². The second kappa shape index (κ2) is 11.1. The first kappa shape index (κ1) is 21.4. The summed E-state index contributed by atoms with van der Waals surface area (Å²) in [7, 11) is 0. The van der Waals surface area contributed by atoms with Crippen molar-refractivity contribution in [2.75, 3.05) is 18.5 Å². The van der Waals surface area contributed by atoms with E-state index in [1.165, 1.54) is 0 Å². The van der Waals surface area contributed by atoms with Crippen LogP contribution in [0.25, 0.3) is 0 Å². The molecule has 1 atom stereocenters. The van der Waals surface area contributed by atoms with Crippen molar-refractivity contribution < 1.29 is 14.3 Å². The third kappa shape index (κ3) is 7.02. The fraction of sp³-hybridized carbons (Fsp3) is 0.700. The van der Waals surface area contributed by atoms with Crippen LogP contribution in [-0.2, 0) is 9.53 Å². The molecule has 1 aromatic rings. The van der Waals surface area contributed by atoms with Gasteiger partial charge in [-0.3, -0.25) is 4.79 Å². The van der Waals surface area contributed by atoms with Crippen LogP contribution in [0.1, 0.15) is 71.9 Å². The average molecular weight is 351 g/mol. The summed E-state index contributed by atoms with van der Waals surface area (Å²) in [4.78, 5) is 17.2. The average Bonchev–Trinajstić information content (AvgIpc) is 2.58. The van der Waals surface area contributed by atoms with Crippen molar-refractivity contribution in [1.29, 1.82) is 0 Å². The van der Waals surface area contributed by atoms with Crippen LogP contribution < -0.4 is 10.1 Å². The number of hydrogen-bond donors (Lipinski definition) is 1. The first-order chi connectivity index (χ1) is 12.0. The number of ether oxygens (including phenoxy) is 2. The monoisotopic (exact) mass is 350 g/mol. The third-order valence-electron chi connectivity index (χ3n) is 4.26. The van der Waals surface area contributed by atoms with Crippen LogP contribution >= 0.6 is 0 Å². The molecule has 1 N–H and O–H groups in total. The molecule has 1 aromatic heterocycles. The van der Waals surface area contributed by atoms with Crippen LogP contribution in [0, 0.1) is 6.92 Å². The van der Waals surface area contributed by atoms with Crippen molar-refractivity contribution in [1.82, 2.24) is 4.98 Å². The van der Waals surface area contributed by atoms with E-state index >= 15 is 0 Å². The Morgan fingerprint density at radius 1 is 1.16 bits per heavy atom. The topological polar surface area (TPSA) is 60.5 Å². The minimum absolute atomic E-state index is 0.116. The summed E-state index contributed by atoms with van der Waals surface area (Å²) in [6, 6.07) is 3.65. The van der Waals surface area contributed by atoms with Gasteiger partial charge in [-0.1, -0.05) is 39.5 Å². The summed E-state index contributed by atoms with van der Waals surface area (Å²) in [5.41, 5.74) is 0.635. The van der Waals surface area contributed by atoms with Gasteiger partial charge < -0.3 is 14.8 Å². The van der Waals surface area contributed by atoms with Gasteiger partial charge >= 0.3 is 0 Å². The standard InChI is InChI=1S/C20H34N2O3/c1-6-9-11-14-20(5,25-8-3)19(23)22-17-12-13-18(21-16(17)4)24-15-10-7-2/h12-13H,6-11,14-15H2,1-5H3,(H,22,23)/t20-/m0/s1. The fourth-order valence-corrected chi connectivity index (χ4v) is 2.61. The highest BCUT2D eigenvalue weighted by molar-refractivity contribution is 5.97. The van der Waals surface area contributed by atoms with Gasteiger partial charge in [-0.05, 0) is 39.7 Å². The molecule has 0 saturated heterocycles. The summed E-state index contributed by atoms with van der Waals surface area (Å²) in [5, 5.41) is 2.98. The minimum Gasteiger partial charge on any atom is -0.478 e. The molecule has 0 aromatic carbocycles. The third-order valence-corrected chi connectivity index (χ3v) is 4.26. The van der Waals surface area contributed by atoms with Gasteiger partial charge in [0.25, 0.3) is 5.91 Å². The van der Waals surface area contributed by atoms with Crippen molar-refractivity contribution in [3.8, 4) is 5.88 Å². The number of aryl methyl sites for hydroxylation is 1. The molecule has 142 valence electrons. The molecule has 0 fully saturated rings. The number of carbonyl (C=O) groups excluding carboxylic acids is 1. The Labute approximate surface area is 152 Å². The van der Waals surface area contributed by atoms with Crippen LogP contribution in [0.3, 0.4) is 0 Å². The number of rotatable bonds is 12. The van der Waals surface area contributed by atoms with Gasteiger partial charge in [0, 0.05) is 12.7 Å². The molecule has 5 heteroatoms. The van der Waals surface area contributed by atoms with Gasteiger partial charge in [-0.25, -0.2) is 4.98 Å². The Hall–Kier alpha value is -1.62. The highest BCUT2D eigenvalue weighted by Gasteiger charge is 2.33. The molecule has 0 aliphatic heterocycles. The number of nitrogens with one attached hydrogen (secondary N) is 1. The Balaban J connectivity index is 2.75. The van der Waals surface area contributed by atoms with Crippen molar-refractivity contribution in [2.45, 2.75) is 78.7 Å². The van der Waals surface area contributed by atoms with Gasteiger partial charge in [0.1, 0.15) is 5.60 Å². The predicted octanol–water partition coefficient (Wildman–Crippen LogP) is 4.88. The maximum atomic E-state index is 12.8. The lowest BCUT2D eigenvalue weighted by Gasteiger charge is -2.28. The molecule has 0 saturated carbocycles. The lowest BCUT2D eigenvalue weighted by molar-refractivity contribution is -0.139. The van der Waals surface area contributed by atoms with E-state index < -0.39 is 5.60 Å². The zero-order valence-electron chi connectivity index (χ0n) is 16.5. The Kier molecular flexibility index (Phi) is 9.50. The van der Waals surface area contributed by atoms with E-state index in [0.29, 0.717) is 31.2 Å². The maximum Gasteiger partial charge on any atom is 0.256 e. The number of amides is 1. The zero-order chi connectivity index (χ0) is 18.7. The molecule has 0 unspecified atom stereocenters. The van der Waals surface area contributed by atoms with E-state index in [1.807, 2.05) is 26.8 Å². The second-order valence-corrected chi connectivity index (χ2v) is 6.56. The SMILES string of the molecule is CCCCC[C@](C)(OCC)C(=O)Nc1ccc(OCCCC)nc1C. The normalized spacial score (nSPS) is 13.3. The molecule has 5 nitrogen and oxygen atoms in total. The smallest absolute Gasteiger partial charge is 0.256 e. The van der Waals surface area contributed by atoms with Crippen LogP contribution in [0.4, 0.5) is 5.69 Å². The molecular weight excluding hydrogens is 316 g/mol. The predicted molar refractivity (Wildman–Crippen MR) is 102 cm³/mol. The summed E-state index contributed by atoms with van der Waals surface area (Å²) < 4.78 is 11.4. The quantitative estimate of drug-likeness (QED) is 0.546. The number of nitrogens with zero attached hydrogens (tertiary/aromatic N) is 1. The second-order valence-electron chi connectivity index (χ2n) is 6.56. The van der Waals surface area contributed by atoms with Crippen molar-refractivity contribution in [3.05, 3.63) is 17.8 Å². The van der Waals surface area contributed by atoms with E-state index in [-0.39, 0.29) is 5.91 Å². The molecule has 0 aliphatic carbocycles. The minimum atomic E-state index is -0.813. The zero-order valence-corrected chi connectivity index (χ0v) is 16.5. The van der Waals surface area contributed by atoms with E-state index in [1.54, 1.807) is 6.07 Å². The number of unbranched alkanes of at least 4 members (excludes halogenated alkanes) is 3. The van der Waals surface area contributed by atoms with Crippen LogP contribution in [0.2, 0.25) is 0 Å². The largest absolute Gasteiger partial charge is 0.478 e. The molecule has 0 spiro atoms. The maximum absolute atomic E-state index is 12.8. The summed E-state index contributed by atoms with van der Waals surface area (Å²) >= 11 is 0. The molecular formula is C20H34N2O3. The number of hydrogen-bond acceptors (Lipinski definition) is 4. The van der Waals surface area contributed by atoms with Gasteiger partial charge in [0.05, 0.1) is 18.0 Å². The van der Waals surface area contributed by atoms with Crippen LogP contribution in [0.15, 0.2) is 12.1 Å². The number of aromatic nitrogens is 1. The van der Waals surface area contributed by atoms with E-state index in [2.05, 4.69) is 24.1 Å². The van der Waals surface area contributed by atoms with Crippen molar-refractivity contribution >= 4 is 11.6 Å². The van der Waals surface area contributed by atoms with Crippen LogP contribution in [0.5, 0.6) is 5.88 Å². The molecule has 0 aliphatic rings. The number of carbonyl (C=O) groups is 1. The van der Waals surface area contributed by atoms with Gasteiger partial charge in [0.2, 0.25) is 5.88 Å². The first-order valence-corrected chi connectivity index (χ1v) is 9.52. The number of pyridine rings is 1. The molecule has 0 bridgehead atoms. The highest BCUT2D eigenvalue weighted by Crippen LogP contribution is 2.24. The Morgan fingerprint density at radius 3 is 2.48 bits per heavy atom. The summed E-state index contributed by atoms with van der Waals surface area (Å²) in [6.45, 7) is 11.1. The van der Waals surface area contributed by atoms with Crippen LogP contribution in [-0.4, -0.2) is 29.7 Å². The van der Waals surface area contributed by atoms with Crippen molar-refractivity contribution in [3.63, 3.8) is 0 Å². The molecule has 1 heterocycles. The summed E-state index contributed by atoms with van der Waals surface area (Å²) in [5.74, 6) is 0.481. The van der Waals surface area contributed by atoms with Gasteiger partial charge in [0.15, 0.2) is 0 Å². The molecule has 1 amide bonds. The number of anilines is 1. The molecule has 0 radical (unpaired) electrons. The highest BCUT2D eigenvalue weighted by atomic mass is 16.5. The molecule has 1 rings (SSSR count). The Bertz CT molecular complexity index is 534. The van der Waals surface area contributed by atoms with E-state index in [0.717, 1.165) is 37.8 Å². The fourth-order valence-electron chi connectivity index (χ4n) is 2.61. The lowest BCUT2D eigenvalue weighted by Crippen LogP contribution is -2.43. The molecule has 25 heavy (non-hydrogen) atoms. The van der Waals surface area contributed by atoms with Gasteiger partial charge in [-0.2, -0.15) is 0 Å². The van der Waals surface area contributed by atoms with E-state index in [4.69, 9.17) is 9.47 Å². The lowest BCUT2D eigenvalue weighted by atomic mass is 9.96. The van der Waals surface area contributed by atoms with Crippen molar-refractivity contribution in [2.24, 2.45) is 0 Å². The Morgan fingerprint density at radius 2 is 1.88 bits per heavy atom.